The first-order chi connectivity index (χ1) is 18.5. The van der Waals surface area contributed by atoms with Crippen LogP contribution in [0.1, 0.15) is 43.8 Å². The first-order valence-electron chi connectivity index (χ1n) is 13.1. The number of fused-ring (bicyclic) bond motifs is 1. The van der Waals surface area contributed by atoms with Gasteiger partial charge in [0.25, 0.3) is 5.56 Å². The first-order valence-corrected chi connectivity index (χ1v) is 13.4. The minimum atomic E-state index is -0.114. The molecule has 1 aromatic carbocycles. The van der Waals surface area contributed by atoms with Crippen LogP contribution in [-0.4, -0.2) is 49.8 Å². The minimum Gasteiger partial charge on any atom is -0.379 e. The van der Waals surface area contributed by atoms with Crippen LogP contribution in [0.4, 0.5) is 5.95 Å². The van der Waals surface area contributed by atoms with E-state index in [1.54, 1.807) is 18.6 Å². The number of hydrogen-bond acceptors (Lipinski definition) is 8. The Kier molecular flexibility index (Phi) is 6.82. The third kappa shape index (κ3) is 4.89. The van der Waals surface area contributed by atoms with Crippen molar-refractivity contribution in [3.63, 3.8) is 0 Å². The van der Waals surface area contributed by atoms with Crippen LogP contribution in [0.2, 0.25) is 5.02 Å². The molecule has 4 aromatic rings. The van der Waals surface area contributed by atoms with E-state index in [1.807, 2.05) is 35.8 Å². The van der Waals surface area contributed by atoms with E-state index in [9.17, 15) is 4.79 Å². The number of hydrogen-bond donors (Lipinski definition) is 2. The van der Waals surface area contributed by atoms with E-state index in [0.717, 1.165) is 61.0 Å². The Bertz CT molecular complexity index is 1540. The molecule has 2 aliphatic rings. The van der Waals surface area contributed by atoms with Crippen LogP contribution >= 0.6 is 11.6 Å². The molecule has 3 N–H and O–H groups in total. The maximum absolute atomic E-state index is 14.1. The molecule has 3 aromatic heterocycles. The molecule has 10 heteroatoms. The van der Waals surface area contributed by atoms with Crippen LogP contribution in [0, 0.1) is 6.92 Å². The summed E-state index contributed by atoms with van der Waals surface area (Å²) in [5, 5.41) is 4.61. The zero-order valence-electron chi connectivity index (χ0n) is 21.2. The van der Waals surface area contributed by atoms with Crippen molar-refractivity contribution >= 4 is 28.6 Å². The molecular formula is C28H30ClN7O2. The standard InChI is InChI=1S/C28H30ClN7O2/c1-16-12-31-14-25(33-16)17-2-7-22(24(29)11-17)23-10-18-13-32-28(34-20-8-9-38-15-20)35-26(18)36(27(23)37)21-5-3-19(30)4-6-21/h2,7,10-14,19-21H,3-6,8-9,15,30H2,1H3,(H,32,34,35)/t19-,20-,21-/m0/s1. The highest BCUT2D eigenvalue weighted by Gasteiger charge is 2.26. The molecule has 1 saturated carbocycles. The summed E-state index contributed by atoms with van der Waals surface area (Å²) in [5.41, 5.74) is 10.3. The Labute approximate surface area is 225 Å². The maximum atomic E-state index is 14.1. The SMILES string of the molecule is Cc1cncc(-c2ccc(-c3cc4cnc(N[C@H]5CCOC5)nc4n([C@H]4CC[C@H](N)CC4)c3=O)c(Cl)c2)n1. The van der Waals surface area contributed by atoms with Gasteiger partial charge in [-0.1, -0.05) is 23.7 Å². The van der Waals surface area contributed by atoms with E-state index in [-0.39, 0.29) is 23.7 Å². The second-order valence-electron chi connectivity index (χ2n) is 10.2. The molecule has 0 amide bonds. The molecular weight excluding hydrogens is 502 g/mol. The molecule has 9 nitrogen and oxygen atoms in total. The monoisotopic (exact) mass is 531 g/mol. The largest absolute Gasteiger partial charge is 0.379 e. The van der Waals surface area contributed by atoms with Gasteiger partial charge in [-0.25, -0.2) is 9.97 Å². The molecule has 196 valence electrons. The molecule has 1 aliphatic carbocycles. The van der Waals surface area contributed by atoms with Crippen LogP contribution in [0.5, 0.6) is 0 Å². The second kappa shape index (κ2) is 10.4. The fraction of sp³-hybridized carbons (Fsp3) is 0.393. The summed E-state index contributed by atoms with van der Waals surface area (Å²) in [5.74, 6) is 0.503. The number of aryl methyl sites for hydroxylation is 1. The van der Waals surface area contributed by atoms with E-state index < -0.39 is 0 Å². The van der Waals surface area contributed by atoms with Crippen molar-refractivity contribution in [1.29, 1.82) is 0 Å². The van der Waals surface area contributed by atoms with Crippen LogP contribution in [0.15, 0.2) is 47.7 Å². The Morgan fingerprint density at radius 2 is 1.89 bits per heavy atom. The Morgan fingerprint density at radius 3 is 2.63 bits per heavy atom. The highest BCUT2D eigenvalue weighted by atomic mass is 35.5. The number of anilines is 1. The van der Waals surface area contributed by atoms with E-state index >= 15 is 0 Å². The minimum absolute atomic E-state index is 0.00271. The third-order valence-corrected chi connectivity index (χ3v) is 7.77. The first kappa shape index (κ1) is 24.9. The third-order valence-electron chi connectivity index (χ3n) is 7.45. The van der Waals surface area contributed by atoms with E-state index in [1.165, 1.54) is 0 Å². The molecule has 38 heavy (non-hydrogen) atoms. The fourth-order valence-electron chi connectivity index (χ4n) is 5.41. The molecule has 4 heterocycles. The summed E-state index contributed by atoms with van der Waals surface area (Å²) in [7, 11) is 0. The van der Waals surface area contributed by atoms with Gasteiger partial charge >= 0.3 is 0 Å². The van der Waals surface area contributed by atoms with Gasteiger partial charge in [0.1, 0.15) is 5.65 Å². The summed E-state index contributed by atoms with van der Waals surface area (Å²) in [6.07, 6.45) is 9.46. The molecule has 0 bridgehead atoms. The highest BCUT2D eigenvalue weighted by molar-refractivity contribution is 6.33. The van der Waals surface area contributed by atoms with Gasteiger partial charge in [-0.05, 0) is 51.2 Å². The van der Waals surface area contributed by atoms with Crippen LogP contribution in [0.25, 0.3) is 33.4 Å². The Hall–Kier alpha value is -3.40. The van der Waals surface area contributed by atoms with Gasteiger partial charge in [0, 0.05) is 58.2 Å². The molecule has 1 atom stereocenters. The number of rotatable bonds is 5. The number of nitrogens with zero attached hydrogens (tertiary/aromatic N) is 5. The van der Waals surface area contributed by atoms with Crippen molar-refractivity contribution in [2.75, 3.05) is 18.5 Å². The number of pyridine rings is 1. The van der Waals surface area contributed by atoms with Gasteiger partial charge in [0.05, 0.1) is 30.2 Å². The average molecular weight is 532 g/mol. The lowest BCUT2D eigenvalue weighted by molar-refractivity contribution is 0.195. The quantitative estimate of drug-likeness (QED) is 0.385. The summed E-state index contributed by atoms with van der Waals surface area (Å²) < 4.78 is 7.32. The number of ether oxygens (including phenoxy) is 1. The molecule has 0 spiro atoms. The summed E-state index contributed by atoms with van der Waals surface area (Å²) in [6, 6.07) is 7.81. The van der Waals surface area contributed by atoms with Crippen LogP contribution < -0.4 is 16.6 Å². The van der Waals surface area contributed by atoms with Crippen LogP contribution in [0.3, 0.4) is 0 Å². The Morgan fingerprint density at radius 1 is 1.05 bits per heavy atom. The van der Waals surface area contributed by atoms with E-state index in [0.29, 0.717) is 34.4 Å². The fourth-order valence-corrected chi connectivity index (χ4v) is 5.69. The van der Waals surface area contributed by atoms with Gasteiger partial charge in [-0.2, -0.15) is 4.98 Å². The van der Waals surface area contributed by atoms with Crippen molar-refractivity contribution in [3.05, 3.63) is 63.9 Å². The molecule has 1 saturated heterocycles. The lowest BCUT2D eigenvalue weighted by Crippen LogP contribution is -2.33. The summed E-state index contributed by atoms with van der Waals surface area (Å²) >= 11 is 6.79. The molecule has 0 unspecified atom stereocenters. The van der Waals surface area contributed by atoms with Gasteiger partial charge in [-0.15, -0.1) is 0 Å². The smallest absolute Gasteiger partial charge is 0.260 e. The summed E-state index contributed by atoms with van der Waals surface area (Å²) in [6.45, 7) is 3.24. The number of halogens is 1. The Balaban J connectivity index is 1.46. The molecule has 2 fully saturated rings. The van der Waals surface area contributed by atoms with E-state index in [4.69, 9.17) is 27.1 Å². The molecule has 6 rings (SSSR count). The normalized spacial score (nSPS) is 21.6. The number of nitrogens with one attached hydrogen (secondary N) is 1. The zero-order chi connectivity index (χ0) is 26.2. The van der Waals surface area contributed by atoms with Crippen molar-refractivity contribution < 1.29 is 4.74 Å². The molecule has 0 radical (unpaired) electrons. The number of aromatic nitrogens is 5. The van der Waals surface area contributed by atoms with Gasteiger partial charge in [-0.3, -0.25) is 14.3 Å². The van der Waals surface area contributed by atoms with Crippen molar-refractivity contribution in [2.45, 2.75) is 57.2 Å². The van der Waals surface area contributed by atoms with Gasteiger partial charge in [0.15, 0.2) is 0 Å². The zero-order valence-corrected chi connectivity index (χ0v) is 22.0. The molecule has 1 aliphatic heterocycles. The van der Waals surface area contributed by atoms with Gasteiger partial charge < -0.3 is 15.8 Å². The highest BCUT2D eigenvalue weighted by Crippen LogP contribution is 2.34. The predicted molar refractivity (Wildman–Crippen MR) is 148 cm³/mol. The second-order valence-corrected chi connectivity index (χ2v) is 10.6. The number of nitrogens with two attached hydrogens (primary N) is 1. The van der Waals surface area contributed by atoms with E-state index in [2.05, 4.69) is 20.3 Å². The van der Waals surface area contributed by atoms with Crippen molar-refractivity contribution in [2.24, 2.45) is 5.73 Å². The maximum Gasteiger partial charge on any atom is 0.260 e. The van der Waals surface area contributed by atoms with Crippen LogP contribution in [-0.2, 0) is 4.74 Å². The topological polar surface area (TPSA) is 121 Å². The average Bonchev–Trinajstić information content (AvgIpc) is 3.42. The van der Waals surface area contributed by atoms with Gasteiger partial charge in [0.2, 0.25) is 5.95 Å². The van der Waals surface area contributed by atoms with Crippen molar-refractivity contribution in [1.82, 2.24) is 24.5 Å². The van der Waals surface area contributed by atoms with Crippen molar-refractivity contribution in [3.8, 4) is 22.4 Å². The lowest BCUT2D eigenvalue weighted by Gasteiger charge is -2.29. The number of benzene rings is 1. The summed E-state index contributed by atoms with van der Waals surface area (Å²) in [4.78, 5) is 32.3. The predicted octanol–water partition coefficient (Wildman–Crippen LogP) is 4.52. The lowest BCUT2D eigenvalue weighted by atomic mass is 9.91.